The molecule has 1 aromatic rings. The van der Waals surface area contributed by atoms with Crippen molar-refractivity contribution in [2.24, 2.45) is 7.05 Å². The highest BCUT2D eigenvalue weighted by molar-refractivity contribution is 5.74. The molecule has 3 heterocycles. The molecule has 2 fully saturated rings. The number of aromatic nitrogens is 2. The number of urea groups is 1. The molecule has 0 aliphatic carbocycles. The molecule has 0 saturated carbocycles. The number of aryl methyl sites for hydroxylation is 1. The summed E-state index contributed by atoms with van der Waals surface area (Å²) in [6.07, 6.45) is 9.55. The van der Waals surface area contributed by atoms with Crippen LogP contribution in [-0.2, 0) is 13.5 Å². The molecule has 2 aliphatic heterocycles. The molecule has 6 heteroatoms. The van der Waals surface area contributed by atoms with Crippen LogP contribution in [0.1, 0.15) is 31.2 Å². The zero-order valence-corrected chi connectivity index (χ0v) is 12.7. The first-order valence-electron chi connectivity index (χ1n) is 7.98. The van der Waals surface area contributed by atoms with Crippen LogP contribution in [0.2, 0.25) is 0 Å². The molecule has 2 saturated heterocycles. The van der Waals surface area contributed by atoms with Gasteiger partial charge >= 0.3 is 6.03 Å². The third-order valence-corrected chi connectivity index (χ3v) is 4.63. The molecule has 116 valence electrons. The number of nitrogens with one attached hydrogen (secondary N) is 2. The quantitative estimate of drug-likeness (QED) is 0.866. The van der Waals surface area contributed by atoms with E-state index in [-0.39, 0.29) is 6.03 Å². The summed E-state index contributed by atoms with van der Waals surface area (Å²) in [4.78, 5) is 14.5. The Morgan fingerprint density at radius 3 is 3.10 bits per heavy atom. The summed E-state index contributed by atoms with van der Waals surface area (Å²) < 4.78 is 1.78. The largest absolute Gasteiger partial charge is 0.338 e. The SMILES string of the molecule is Cn1cc(CCNC(=O)N[C@H]2CCN3CCCC[C@@H]23)cn1. The normalized spacial score (nSPS) is 25.6. The van der Waals surface area contributed by atoms with Crippen molar-refractivity contribution in [3.8, 4) is 0 Å². The fraction of sp³-hybridized carbons (Fsp3) is 0.733. The highest BCUT2D eigenvalue weighted by Gasteiger charge is 2.36. The van der Waals surface area contributed by atoms with Crippen molar-refractivity contribution in [2.75, 3.05) is 19.6 Å². The van der Waals surface area contributed by atoms with Gasteiger partial charge < -0.3 is 10.6 Å². The van der Waals surface area contributed by atoms with Gasteiger partial charge in [0.15, 0.2) is 0 Å². The Hall–Kier alpha value is -1.56. The number of hydrogen-bond acceptors (Lipinski definition) is 3. The minimum Gasteiger partial charge on any atom is -0.338 e. The second kappa shape index (κ2) is 6.47. The first-order valence-corrected chi connectivity index (χ1v) is 7.98. The number of rotatable bonds is 4. The predicted octanol–water partition coefficient (Wildman–Crippen LogP) is 0.889. The first-order chi connectivity index (χ1) is 10.2. The van der Waals surface area contributed by atoms with Crippen LogP contribution in [0.3, 0.4) is 0 Å². The van der Waals surface area contributed by atoms with E-state index >= 15 is 0 Å². The second-order valence-electron chi connectivity index (χ2n) is 6.17. The molecule has 2 aliphatic rings. The third-order valence-electron chi connectivity index (χ3n) is 4.63. The summed E-state index contributed by atoms with van der Waals surface area (Å²) in [5.41, 5.74) is 1.15. The third kappa shape index (κ3) is 3.56. The molecular formula is C15H25N5O. The maximum Gasteiger partial charge on any atom is 0.315 e. The van der Waals surface area contributed by atoms with Gasteiger partial charge in [0.2, 0.25) is 0 Å². The molecule has 0 aromatic carbocycles. The highest BCUT2D eigenvalue weighted by atomic mass is 16.2. The molecule has 1 aromatic heterocycles. The average Bonchev–Trinajstić information content (AvgIpc) is 3.06. The fourth-order valence-corrected chi connectivity index (χ4v) is 3.56. The zero-order valence-electron chi connectivity index (χ0n) is 12.7. The van der Waals surface area contributed by atoms with Crippen molar-refractivity contribution >= 4 is 6.03 Å². The lowest BCUT2D eigenvalue weighted by Gasteiger charge is -2.32. The van der Waals surface area contributed by atoms with Crippen molar-refractivity contribution in [2.45, 2.75) is 44.2 Å². The van der Waals surface area contributed by atoms with E-state index in [0.29, 0.717) is 18.6 Å². The van der Waals surface area contributed by atoms with Gasteiger partial charge in [0.1, 0.15) is 0 Å². The van der Waals surface area contributed by atoms with E-state index in [1.165, 1.54) is 25.8 Å². The maximum atomic E-state index is 12.0. The van der Waals surface area contributed by atoms with E-state index < -0.39 is 0 Å². The predicted molar refractivity (Wildman–Crippen MR) is 81.1 cm³/mol. The van der Waals surface area contributed by atoms with Crippen LogP contribution in [0.15, 0.2) is 12.4 Å². The summed E-state index contributed by atoms with van der Waals surface area (Å²) in [6, 6.07) is 0.850. The molecule has 0 bridgehead atoms. The molecule has 0 unspecified atom stereocenters. The molecule has 2 amide bonds. The van der Waals surface area contributed by atoms with E-state index in [1.807, 2.05) is 19.4 Å². The van der Waals surface area contributed by atoms with Gasteiger partial charge in [-0.1, -0.05) is 6.42 Å². The monoisotopic (exact) mass is 291 g/mol. The summed E-state index contributed by atoms with van der Waals surface area (Å²) >= 11 is 0. The topological polar surface area (TPSA) is 62.2 Å². The molecular weight excluding hydrogens is 266 g/mol. The minimum absolute atomic E-state index is 0.0312. The molecule has 6 nitrogen and oxygen atoms in total. The Labute approximate surface area is 125 Å². The zero-order chi connectivity index (χ0) is 14.7. The number of piperidine rings is 1. The minimum atomic E-state index is -0.0312. The van der Waals surface area contributed by atoms with Crippen LogP contribution < -0.4 is 10.6 Å². The number of amides is 2. The lowest BCUT2D eigenvalue weighted by Crippen LogP contribution is -2.49. The Balaban J connectivity index is 1.40. The standard InChI is InChI=1S/C15H25N5O/c1-19-11-12(10-17-19)5-7-16-15(21)18-13-6-9-20-8-3-2-4-14(13)20/h10-11,13-14H,2-9H2,1H3,(H2,16,18,21)/t13-,14-/m0/s1. The van der Waals surface area contributed by atoms with E-state index in [9.17, 15) is 4.79 Å². The van der Waals surface area contributed by atoms with Gasteiger partial charge in [-0.2, -0.15) is 5.10 Å². The van der Waals surface area contributed by atoms with Crippen LogP contribution in [-0.4, -0.2) is 52.4 Å². The van der Waals surface area contributed by atoms with Crippen molar-refractivity contribution in [3.63, 3.8) is 0 Å². The summed E-state index contributed by atoms with van der Waals surface area (Å²) in [5.74, 6) is 0. The van der Waals surface area contributed by atoms with Crippen molar-refractivity contribution in [1.29, 1.82) is 0 Å². The number of nitrogens with zero attached hydrogens (tertiary/aromatic N) is 3. The molecule has 2 N–H and O–H groups in total. The number of hydrogen-bond donors (Lipinski definition) is 2. The van der Waals surface area contributed by atoms with Gasteiger partial charge in [0.25, 0.3) is 0 Å². The van der Waals surface area contributed by atoms with Crippen molar-refractivity contribution in [1.82, 2.24) is 25.3 Å². The van der Waals surface area contributed by atoms with Gasteiger partial charge in [0.05, 0.1) is 6.20 Å². The maximum absolute atomic E-state index is 12.0. The van der Waals surface area contributed by atoms with E-state index in [2.05, 4.69) is 20.6 Å². The van der Waals surface area contributed by atoms with E-state index in [0.717, 1.165) is 24.9 Å². The smallest absolute Gasteiger partial charge is 0.315 e. The Kier molecular flexibility index (Phi) is 4.43. The van der Waals surface area contributed by atoms with Crippen LogP contribution in [0.25, 0.3) is 0 Å². The van der Waals surface area contributed by atoms with Gasteiger partial charge in [-0.05, 0) is 37.8 Å². The van der Waals surface area contributed by atoms with Crippen molar-refractivity contribution in [3.05, 3.63) is 18.0 Å². The van der Waals surface area contributed by atoms with Crippen LogP contribution in [0.4, 0.5) is 4.79 Å². The van der Waals surface area contributed by atoms with Gasteiger partial charge in [-0.15, -0.1) is 0 Å². The molecule has 2 atom stereocenters. The number of carbonyl (C=O) groups is 1. The molecule has 3 rings (SSSR count). The Morgan fingerprint density at radius 1 is 1.38 bits per heavy atom. The lowest BCUT2D eigenvalue weighted by molar-refractivity contribution is 0.179. The van der Waals surface area contributed by atoms with Crippen molar-refractivity contribution < 1.29 is 4.79 Å². The van der Waals surface area contributed by atoms with Gasteiger partial charge in [-0.3, -0.25) is 9.58 Å². The first kappa shape index (κ1) is 14.4. The number of fused-ring (bicyclic) bond motifs is 1. The van der Waals surface area contributed by atoms with Gasteiger partial charge in [-0.25, -0.2) is 4.79 Å². The van der Waals surface area contributed by atoms with Crippen LogP contribution >= 0.6 is 0 Å². The Bertz CT molecular complexity index is 486. The molecule has 0 radical (unpaired) electrons. The van der Waals surface area contributed by atoms with Gasteiger partial charge in [0, 0.05) is 38.4 Å². The van der Waals surface area contributed by atoms with E-state index in [1.54, 1.807) is 4.68 Å². The average molecular weight is 291 g/mol. The number of carbonyl (C=O) groups excluding carboxylic acids is 1. The lowest BCUT2D eigenvalue weighted by atomic mass is 9.99. The Morgan fingerprint density at radius 2 is 2.29 bits per heavy atom. The van der Waals surface area contributed by atoms with E-state index in [4.69, 9.17) is 0 Å². The summed E-state index contributed by atoms with van der Waals surface area (Å²) in [7, 11) is 1.90. The summed E-state index contributed by atoms with van der Waals surface area (Å²) in [6.45, 7) is 2.98. The van der Waals surface area contributed by atoms with Crippen LogP contribution in [0.5, 0.6) is 0 Å². The molecule has 21 heavy (non-hydrogen) atoms. The fourth-order valence-electron chi connectivity index (χ4n) is 3.56. The summed E-state index contributed by atoms with van der Waals surface area (Å²) in [5, 5.41) is 10.2. The molecule has 0 spiro atoms. The second-order valence-corrected chi connectivity index (χ2v) is 6.17. The van der Waals surface area contributed by atoms with Crippen LogP contribution in [0, 0.1) is 0 Å². The highest BCUT2D eigenvalue weighted by Crippen LogP contribution is 2.26.